The van der Waals surface area contributed by atoms with Crippen molar-refractivity contribution in [2.45, 2.75) is 57.1 Å². The van der Waals surface area contributed by atoms with Crippen molar-refractivity contribution in [3.8, 4) is 5.75 Å². The Balaban J connectivity index is 1.92. The van der Waals surface area contributed by atoms with Crippen LogP contribution in [-0.2, 0) is 30.5 Å². The van der Waals surface area contributed by atoms with Crippen molar-refractivity contribution >= 4 is 21.9 Å². The number of esters is 1. The molecule has 0 radical (unpaired) electrons. The van der Waals surface area contributed by atoms with Crippen LogP contribution < -0.4 is 4.74 Å². The zero-order valence-corrected chi connectivity index (χ0v) is 22.1. The van der Waals surface area contributed by atoms with Gasteiger partial charge in [-0.15, -0.1) is 0 Å². The van der Waals surface area contributed by atoms with Crippen LogP contribution in [0.5, 0.6) is 5.75 Å². The summed E-state index contributed by atoms with van der Waals surface area (Å²) in [6.07, 6.45) is -0.0333. The van der Waals surface area contributed by atoms with Gasteiger partial charge >= 0.3 is 12.1 Å². The zero-order chi connectivity index (χ0) is 26.2. The number of amides is 1. The minimum atomic E-state index is -3.36. The Morgan fingerprint density at radius 3 is 2.14 bits per heavy atom. The lowest BCUT2D eigenvalue weighted by molar-refractivity contribution is -0.146. The molecule has 2 aromatic rings. The number of nitrogens with zero attached hydrogens (tertiary/aromatic N) is 1. The van der Waals surface area contributed by atoms with E-state index < -0.39 is 33.5 Å². The minimum Gasteiger partial charge on any atom is -0.494 e. The molecular formula is C26H35NO7S. The van der Waals surface area contributed by atoms with E-state index in [0.717, 1.165) is 11.1 Å². The maximum atomic E-state index is 12.4. The summed E-state index contributed by atoms with van der Waals surface area (Å²) in [6, 6.07) is 13.0. The lowest BCUT2D eigenvalue weighted by Crippen LogP contribution is -2.46. The second-order valence-electron chi connectivity index (χ2n) is 9.31. The molecule has 0 saturated carbocycles. The topological polar surface area (TPSA) is 99.2 Å². The molecule has 9 heteroatoms. The van der Waals surface area contributed by atoms with Gasteiger partial charge in [0.15, 0.2) is 9.84 Å². The van der Waals surface area contributed by atoms with Crippen molar-refractivity contribution in [3.05, 3.63) is 59.7 Å². The van der Waals surface area contributed by atoms with Gasteiger partial charge in [0.05, 0.1) is 24.4 Å². The van der Waals surface area contributed by atoms with Gasteiger partial charge in [-0.1, -0.05) is 29.8 Å². The molecule has 2 aromatic carbocycles. The maximum Gasteiger partial charge on any atom is 0.410 e. The molecule has 0 aliphatic rings. The van der Waals surface area contributed by atoms with E-state index in [1.54, 1.807) is 69.3 Å². The van der Waals surface area contributed by atoms with Crippen molar-refractivity contribution in [1.82, 2.24) is 4.90 Å². The SMILES string of the molecule is COC(=O)[C@H](Cc1ccc(OCCCS(=O)(=O)c2ccc(C)cc2)cc1)N(C)C(=O)OC(C)(C)C. The molecule has 0 bridgehead atoms. The molecule has 2 rings (SSSR count). The maximum absolute atomic E-state index is 12.4. The summed E-state index contributed by atoms with van der Waals surface area (Å²) in [6.45, 7) is 7.41. The Labute approximate surface area is 208 Å². The van der Waals surface area contributed by atoms with E-state index in [2.05, 4.69) is 0 Å². The molecule has 1 atom stereocenters. The van der Waals surface area contributed by atoms with Crippen LogP contribution in [0.25, 0.3) is 0 Å². The number of ether oxygens (including phenoxy) is 3. The number of likely N-dealkylation sites (N-methyl/N-ethyl adjacent to an activating group) is 1. The van der Waals surface area contributed by atoms with E-state index in [1.807, 2.05) is 6.92 Å². The van der Waals surface area contributed by atoms with Gasteiger partial charge in [0, 0.05) is 13.5 Å². The monoisotopic (exact) mass is 505 g/mol. The van der Waals surface area contributed by atoms with E-state index in [4.69, 9.17) is 14.2 Å². The fourth-order valence-electron chi connectivity index (χ4n) is 3.22. The Kier molecular flexibility index (Phi) is 9.71. The lowest BCUT2D eigenvalue weighted by atomic mass is 10.0. The van der Waals surface area contributed by atoms with Gasteiger partial charge < -0.3 is 14.2 Å². The van der Waals surface area contributed by atoms with Crippen LogP contribution in [0.15, 0.2) is 53.4 Å². The third-order valence-electron chi connectivity index (χ3n) is 5.18. The molecule has 0 saturated heterocycles. The summed E-state index contributed by atoms with van der Waals surface area (Å²) in [5, 5.41) is 0. The van der Waals surface area contributed by atoms with Crippen LogP contribution in [0, 0.1) is 6.92 Å². The predicted molar refractivity (Wildman–Crippen MR) is 133 cm³/mol. The van der Waals surface area contributed by atoms with E-state index in [-0.39, 0.29) is 18.8 Å². The molecule has 0 N–H and O–H groups in total. The largest absolute Gasteiger partial charge is 0.494 e. The standard InChI is InChI=1S/C26H35NO7S/c1-19-8-14-22(15-9-19)35(30,31)17-7-16-33-21-12-10-20(11-13-21)18-23(24(28)32-6)27(5)25(29)34-26(2,3)4/h8-15,23H,7,16-18H2,1-6H3/t23-/m0/s1. The Morgan fingerprint density at radius 1 is 1.00 bits per heavy atom. The molecule has 1 amide bonds. The predicted octanol–water partition coefficient (Wildman–Crippen LogP) is 4.19. The summed E-state index contributed by atoms with van der Waals surface area (Å²) < 4.78 is 40.8. The van der Waals surface area contributed by atoms with Crippen molar-refractivity contribution in [1.29, 1.82) is 0 Å². The summed E-state index contributed by atoms with van der Waals surface area (Å²) in [4.78, 5) is 26.3. The van der Waals surface area contributed by atoms with Crippen molar-refractivity contribution in [2.24, 2.45) is 0 Å². The number of benzene rings is 2. The van der Waals surface area contributed by atoms with E-state index in [0.29, 0.717) is 17.1 Å². The number of methoxy groups -OCH3 is 1. The Hall–Kier alpha value is -3.07. The molecule has 192 valence electrons. The molecule has 0 unspecified atom stereocenters. The smallest absolute Gasteiger partial charge is 0.410 e. The molecule has 0 fully saturated rings. The Bertz CT molecular complexity index is 1090. The number of carbonyl (C=O) groups excluding carboxylic acids is 2. The van der Waals surface area contributed by atoms with Crippen molar-refractivity contribution < 1.29 is 32.2 Å². The summed E-state index contributed by atoms with van der Waals surface area (Å²) in [7, 11) is -0.586. The van der Waals surface area contributed by atoms with Gasteiger partial charge in [0.1, 0.15) is 17.4 Å². The highest BCUT2D eigenvalue weighted by molar-refractivity contribution is 7.91. The van der Waals surface area contributed by atoms with Crippen molar-refractivity contribution in [3.63, 3.8) is 0 Å². The first-order valence-electron chi connectivity index (χ1n) is 11.4. The number of aryl methyl sites for hydroxylation is 1. The highest BCUT2D eigenvalue weighted by Crippen LogP contribution is 2.18. The van der Waals surface area contributed by atoms with Gasteiger partial charge in [0.2, 0.25) is 0 Å². The fourth-order valence-corrected chi connectivity index (χ4v) is 4.51. The van der Waals surface area contributed by atoms with Crippen LogP contribution in [0.4, 0.5) is 4.79 Å². The molecule has 0 aromatic heterocycles. The van der Waals surface area contributed by atoms with Gasteiger partial charge in [-0.25, -0.2) is 18.0 Å². The summed E-state index contributed by atoms with van der Waals surface area (Å²) >= 11 is 0. The quantitative estimate of drug-likeness (QED) is 0.353. The number of carbonyl (C=O) groups is 2. The molecule has 35 heavy (non-hydrogen) atoms. The zero-order valence-electron chi connectivity index (χ0n) is 21.2. The second kappa shape index (κ2) is 12.1. The van der Waals surface area contributed by atoms with Crippen molar-refractivity contribution in [2.75, 3.05) is 26.5 Å². The number of sulfone groups is 1. The van der Waals surface area contributed by atoms with Crippen LogP contribution in [0.3, 0.4) is 0 Å². The van der Waals surface area contributed by atoms with Crippen LogP contribution in [0.1, 0.15) is 38.3 Å². The van der Waals surface area contributed by atoms with Crippen LogP contribution in [0.2, 0.25) is 0 Å². The molecular weight excluding hydrogens is 470 g/mol. The first-order valence-corrected chi connectivity index (χ1v) is 13.0. The van der Waals surface area contributed by atoms with Gasteiger partial charge in [-0.2, -0.15) is 0 Å². The highest BCUT2D eigenvalue weighted by atomic mass is 32.2. The average molecular weight is 506 g/mol. The molecule has 0 aliphatic carbocycles. The molecule has 8 nitrogen and oxygen atoms in total. The van der Waals surface area contributed by atoms with Crippen LogP contribution in [-0.4, -0.2) is 63.5 Å². The minimum absolute atomic E-state index is 0.00798. The molecule has 0 spiro atoms. The normalized spacial score (nSPS) is 12.5. The van der Waals surface area contributed by atoms with E-state index in [9.17, 15) is 18.0 Å². The third-order valence-corrected chi connectivity index (χ3v) is 7.00. The fraction of sp³-hybridized carbons (Fsp3) is 0.462. The number of rotatable bonds is 10. The number of hydrogen-bond donors (Lipinski definition) is 0. The van der Waals surface area contributed by atoms with E-state index >= 15 is 0 Å². The first kappa shape index (κ1) is 28.2. The van der Waals surface area contributed by atoms with Crippen LogP contribution >= 0.6 is 0 Å². The highest BCUT2D eigenvalue weighted by Gasteiger charge is 2.31. The average Bonchev–Trinajstić information content (AvgIpc) is 2.79. The second-order valence-corrected chi connectivity index (χ2v) is 11.4. The van der Waals surface area contributed by atoms with Gasteiger partial charge in [-0.3, -0.25) is 4.90 Å². The number of hydrogen-bond acceptors (Lipinski definition) is 7. The first-order chi connectivity index (χ1) is 16.3. The third kappa shape index (κ3) is 8.90. The Morgan fingerprint density at radius 2 is 1.60 bits per heavy atom. The molecule has 0 aliphatic heterocycles. The summed E-state index contributed by atoms with van der Waals surface area (Å²) in [5.41, 5.74) is 1.11. The van der Waals surface area contributed by atoms with Gasteiger partial charge in [0.25, 0.3) is 0 Å². The molecule has 0 heterocycles. The van der Waals surface area contributed by atoms with E-state index in [1.165, 1.54) is 19.1 Å². The van der Waals surface area contributed by atoms with Gasteiger partial charge in [-0.05, 0) is 63.9 Å². The lowest BCUT2D eigenvalue weighted by Gasteiger charge is -2.29. The summed E-state index contributed by atoms with van der Waals surface area (Å²) in [5.74, 6) is 0.0245.